The number of rotatable bonds is 6. The fourth-order valence-electron chi connectivity index (χ4n) is 2.52. The Morgan fingerprint density at radius 3 is 2.21 bits per heavy atom. The SMILES string of the molecule is O=C(C=Cc1ccc(O)cc1)c1ccccc1NS(=O)(=O)c1ccccc1O. The summed E-state index contributed by atoms with van der Waals surface area (Å²) in [5, 5.41) is 19.1. The molecule has 0 aromatic heterocycles. The zero-order chi connectivity index (χ0) is 20.1. The predicted octanol–water partition coefficient (Wildman–Crippen LogP) is 3.79. The number of carbonyl (C=O) groups is 1. The van der Waals surface area contributed by atoms with E-state index in [2.05, 4.69) is 4.72 Å². The van der Waals surface area contributed by atoms with E-state index in [0.29, 0.717) is 5.56 Å². The van der Waals surface area contributed by atoms with Crippen molar-refractivity contribution in [3.05, 3.63) is 90.0 Å². The van der Waals surface area contributed by atoms with Crippen molar-refractivity contribution < 1.29 is 23.4 Å². The van der Waals surface area contributed by atoms with Crippen LogP contribution in [0.25, 0.3) is 6.08 Å². The lowest BCUT2D eigenvalue weighted by atomic mass is 10.1. The first-order valence-corrected chi connectivity index (χ1v) is 9.76. The zero-order valence-electron chi connectivity index (χ0n) is 14.6. The van der Waals surface area contributed by atoms with Crippen molar-refractivity contribution in [1.29, 1.82) is 0 Å². The van der Waals surface area contributed by atoms with Gasteiger partial charge in [-0.15, -0.1) is 0 Å². The maximum absolute atomic E-state index is 12.6. The summed E-state index contributed by atoms with van der Waals surface area (Å²) in [7, 11) is -4.08. The minimum Gasteiger partial charge on any atom is -0.508 e. The number of para-hydroxylation sites is 2. The van der Waals surface area contributed by atoms with Crippen LogP contribution in [0.4, 0.5) is 5.69 Å². The van der Waals surface area contributed by atoms with E-state index in [-0.39, 0.29) is 27.6 Å². The summed E-state index contributed by atoms with van der Waals surface area (Å²) in [6, 6.07) is 18.0. The molecule has 0 unspecified atom stereocenters. The Bertz CT molecular complexity index is 1140. The second-order valence-electron chi connectivity index (χ2n) is 5.91. The first-order valence-electron chi connectivity index (χ1n) is 8.28. The lowest BCUT2D eigenvalue weighted by Crippen LogP contribution is -2.15. The van der Waals surface area contributed by atoms with Crippen LogP contribution in [0, 0.1) is 0 Å². The molecule has 0 atom stereocenters. The van der Waals surface area contributed by atoms with Gasteiger partial charge in [-0.1, -0.05) is 42.5 Å². The molecule has 0 amide bonds. The lowest BCUT2D eigenvalue weighted by Gasteiger charge is -2.12. The maximum atomic E-state index is 12.6. The predicted molar refractivity (Wildman–Crippen MR) is 107 cm³/mol. The van der Waals surface area contributed by atoms with Crippen LogP contribution in [-0.2, 0) is 10.0 Å². The highest BCUT2D eigenvalue weighted by Gasteiger charge is 2.20. The zero-order valence-corrected chi connectivity index (χ0v) is 15.4. The van der Waals surface area contributed by atoms with Crippen LogP contribution < -0.4 is 4.72 Å². The molecule has 0 bridgehead atoms. The number of nitrogens with one attached hydrogen (secondary N) is 1. The Hall–Kier alpha value is -3.58. The summed E-state index contributed by atoms with van der Waals surface area (Å²) in [5.41, 5.74) is 0.973. The normalized spacial score (nSPS) is 11.4. The van der Waals surface area contributed by atoms with E-state index in [1.54, 1.807) is 30.3 Å². The summed E-state index contributed by atoms with van der Waals surface area (Å²) < 4.78 is 27.5. The molecule has 0 spiro atoms. The quantitative estimate of drug-likeness (QED) is 0.435. The van der Waals surface area contributed by atoms with Gasteiger partial charge in [-0.25, -0.2) is 8.42 Å². The van der Waals surface area contributed by atoms with Crippen LogP contribution in [-0.4, -0.2) is 24.4 Å². The van der Waals surface area contributed by atoms with Gasteiger partial charge in [0, 0.05) is 5.56 Å². The lowest BCUT2D eigenvalue weighted by molar-refractivity contribution is 0.104. The summed E-state index contributed by atoms with van der Waals surface area (Å²) >= 11 is 0. The molecular formula is C21H17NO5S. The molecule has 28 heavy (non-hydrogen) atoms. The summed E-state index contributed by atoms with van der Waals surface area (Å²) in [5.74, 6) is -0.665. The van der Waals surface area contributed by atoms with Crippen LogP contribution in [0.5, 0.6) is 11.5 Å². The van der Waals surface area contributed by atoms with Gasteiger partial charge in [-0.05, 0) is 48.0 Å². The minimum absolute atomic E-state index is 0.103. The van der Waals surface area contributed by atoms with Crippen LogP contribution >= 0.6 is 0 Å². The van der Waals surface area contributed by atoms with E-state index in [0.717, 1.165) is 0 Å². The van der Waals surface area contributed by atoms with Gasteiger partial charge in [0.2, 0.25) is 0 Å². The number of hydrogen-bond donors (Lipinski definition) is 3. The van der Waals surface area contributed by atoms with Crippen molar-refractivity contribution in [2.45, 2.75) is 4.90 Å². The average Bonchev–Trinajstić information content (AvgIpc) is 2.67. The molecule has 3 aromatic rings. The van der Waals surface area contributed by atoms with Crippen LogP contribution in [0.2, 0.25) is 0 Å². The van der Waals surface area contributed by atoms with Crippen molar-refractivity contribution in [3.8, 4) is 11.5 Å². The first kappa shape index (κ1) is 19.2. The standard InChI is InChI=1S/C21H17NO5S/c23-16-12-9-15(10-13-16)11-14-19(24)17-5-1-2-6-18(17)22-28(26,27)21-8-4-3-7-20(21)25/h1-14,22-23,25H. The van der Waals surface area contributed by atoms with E-state index < -0.39 is 15.8 Å². The van der Waals surface area contributed by atoms with Gasteiger partial charge in [-0.2, -0.15) is 0 Å². The molecule has 0 aliphatic heterocycles. The number of phenols is 2. The number of benzene rings is 3. The summed E-state index contributed by atoms with van der Waals surface area (Å²) in [4.78, 5) is 12.3. The van der Waals surface area contributed by atoms with Gasteiger partial charge in [-0.3, -0.25) is 9.52 Å². The Morgan fingerprint density at radius 2 is 1.50 bits per heavy atom. The molecule has 0 fully saturated rings. The first-order chi connectivity index (χ1) is 13.4. The monoisotopic (exact) mass is 395 g/mol. The maximum Gasteiger partial charge on any atom is 0.265 e. The third kappa shape index (κ3) is 4.39. The minimum atomic E-state index is -4.08. The van der Waals surface area contributed by atoms with E-state index in [9.17, 15) is 23.4 Å². The number of hydrogen-bond acceptors (Lipinski definition) is 5. The van der Waals surface area contributed by atoms with Crippen LogP contribution in [0.15, 0.2) is 83.8 Å². The highest BCUT2D eigenvalue weighted by atomic mass is 32.2. The smallest absolute Gasteiger partial charge is 0.265 e. The Labute approximate surface area is 162 Å². The topological polar surface area (TPSA) is 104 Å². The number of sulfonamides is 1. The van der Waals surface area contributed by atoms with Crippen molar-refractivity contribution in [2.75, 3.05) is 4.72 Å². The van der Waals surface area contributed by atoms with Crippen molar-refractivity contribution in [3.63, 3.8) is 0 Å². The largest absolute Gasteiger partial charge is 0.508 e. The van der Waals surface area contributed by atoms with Gasteiger partial charge in [0.05, 0.1) is 5.69 Å². The molecule has 3 rings (SSSR count). The average molecular weight is 395 g/mol. The molecule has 142 valence electrons. The second kappa shape index (κ2) is 7.98. The van der Waals surface area contributed by atoms with E-state index >= 15 is 0 Å². The Kier molecular flexibility index (Phi) is 5.47. The number of aromatic hydroxyl groups is 2. The molecule has 0 heterocycles. The van der Waals surface area contributed by atoms with E-state index in [1.165, 1.54) is 54.6 Å². The molecule has 6 nitrogen and oxygen atoms in total. The molecular weight excluding hydrogens is 378 g/mol. The third-order valence-electron chi connectivity index (χ3n) is 3.91. The molecule has 0 saturated carbocycles. The summed E-state index contributed by atoms with van der Waals surface area (Å²) in [6.07, 6.45) is 2.88. The highest BCUT2D eigenvalue weighted by Crippen LogP contribution is 2.26. The van der Waals surface area contributed by atoms with Crippen molar-refractivity contribution >= 4 is 27.6 Å². The molecule has 0 radical (unpaired) electrons. The van der Waals surface area contributed by atoms with Gasteiger partial charge < -0.3 is 10.2 Å². The molecule has 0 aliphatic rings. The molecule has 7 heteroatoms. The molecule has 3 N–H and O–H groups in total. The fourth-order valence-corrected chi connectivity index (χ4v) is 3.70. The van der Waals surface area contributed by atoms with Crippen LogP contribution in [0.1, 0.15) is 15.9 Å². The third-order valence-corrected chi connectivity index (χ3v) is 5.32. The van der Waals surface area contributed by atoms with E-state index in [4.69, 9.17) is 0 Å². The summed E-state index contributed by atoms with van der Waals surface area (Å²) in [6.45, 7) is 0. The number of carbonyl (C=O) groups excluding carboxylic acids is 1. The van der Waals surface area contributed by atoms with Crippen LogP contribution in [0.3, 0.4) is 0 Å². The van der Waals surface area contributed by atoms with Gasteiger partial charge in [0.15, 0.2) is 5.78 Å². The number of ketones is 1. The Morgan fingerprint density at radius 1 is 0.857 bits per heavy atom. The molecule has 3 aromatic carbocycles. The fraction of sp³-hybridized carbons (Fsp3) is 0. The molecule has 0 saturated heterocycles. The molecule has 0 aliphatic carbocycles. The highest BCUT2D eigenvalue weighted by molar-refractivity contribution is 7.92. The van der Waals surface area contributed by atoms with Gasteiger partial charge >= 0.3 is 0 Å². The number of allylic oxidation sites excluding steroid dienone is 1. The van der Waals surface area contributed by atoms with E-state index in [1.807, 2.05) is 0 Å². The number of phenolic OH excluding ortho intramolecular Hbond substituents is 2. The van der Waals surface area contributed by atoms with Gasteiger partial charge in [0.25, 0.3) is 10.0 Å². The van der Waals surface area contributed by atoms with Crippen molar-refractivity contribution in [2.24, 2.45) is 0 Å². The van der Waals surface area contributed by atoms with Crippen molar-refractivity contribution in [1.82, 2.24) is 0 Å². The van der Waals surface area contributed by atoms with Gasteiger partial charge in [0.1, 0.15) is 16.4 Å². The second-order valence-corrected chi connectivity index (χ2v) is 7.56. The number of anilines is 1. The Balaban J connectivity index is 1.88.